The molecule has 0 saturated carbocycles. The number of aryl methyl sites for hydroxylation is 1. The number of non-ortho nitro benzene ring substituents is 1. The van der Waals surface area contributed by atoms with Gasteiger partial charge in [-0.15, -0.1) is 0 Å². The van der Waals surface area contributed by atoms with Crippen molar-refractivity contribution >= 4 is 35.1 Å². The fourth-order valence-electron chi connectivity index (χ4n) is 3.53. The highest BCUT2D eigenvalue weighted by Gasteiger charge is 2.21. The van der Waals surface area contributed by atoms with Crippen LogP contribution in [0.4, 0.5) is 17.2 Å². The molecule has 1 N–H and O–H groups in total. The summed E-state index contributed by atoms with van der Waals surface area (Å²) in [6, 6.07) is 15.1. The molecule has 1 fully saturated rings. The van der Waals surface area contributed by atoms with E-state index < -0.39 is 4.92 Å². The highest BCUT2D eigenvalue weighted by molar-refractivity contribution is 6.01. The minimum atomic E-state index is -0.471. The van der Waals surface area contributed by atoms with Crippen molar-refractivity contribution in [3.63, 3.8) is 0 Å². The Kier molecular flexibility index (Phi) is 5.80. The van der Waals surface area contributed by atoms with Crippen molar-refractivity contribution in [1.29, 1.82) is 0 Å². The standard InChI is InChI=1S/C23H21N5O4/c1-16-15-21(27(25-16)19-9-11-20(12-10-19)28(31)32)24-22(29)13-6-17-4-7-18(8-5-17)26-14-2-3-23(26)30/h4-13,15H,2-3,14H2,1H3,(H,24,29)/b13-6+. The molecule has 2 heterocycles. The van der Waals surface area contributed by atoms with Crippen molar-refractivity contribution in [1.82, 2.24) is 9.78 Å². The van der Waals surface area contributed by atoms with Gasteiger partial charge in [0.15, 0.2) is 0 Å². The molecule has 0 radical (unpaired) electrons. The molecule has 3 aromatic rings. The number of carbonyl (C=O) groups excluding carboxylic acids is 2. The number of nitro benzene ring substituents is 1. The fraction of sp³-hybridized carbons (Fsp3) is 0.174. The molecule has 2 aromatic carbocycles. The van der Waals surface area contributed by atoms with Crippen molar-refractivity contribution < 1.29 is 14.5 Å². The van der Waals surface area contributed by atoms with Crippen LogP contribution in [0.25, 0.3) is 11.8 Å². The second-order valence-corrected chi connectivity index (χ2v) is 7.42. The summed E-state index contributed by atoms with van der Waals surface area (Å²) in [5, 5.41) is 18.0. The van der Waals surface area contributed by atoms with E-state index in [1.165, 1.54) is 22.9 Å². The van der Waals surface area contributed by atoms with Crippen LogP contribution in [0, 0.1) is 17.0 Å². The number of aromatic nitrogens is 2. The number of amides is 2. The van der Waals surface area contributed by atoms with Gasteiger partial charge in [0.25, 0.3) is 5.69 Å². The van der Waals surface area contributed by atoms with E-state index in [2.05, 4.69) is 10.4 Å². The lowest BCUT2D eigenvalue weighted by Crippen LogP contribution is -2.23. The second-order valence-electron chi connectivity index (χ2n) is 7.42. The number of nitrogens with one attached hydrogen (secondary N) is 1. The number of nitrogens with zero attached hydrogens (tertiary/aromatic N) is 4. The van der Waals surface area contributed by atoms with Gasteiger partial charge in [0, 0.05) is 42.9 Å². The maximum absolute atomic E-state index is 12.5. The molecule has 0 aliphatic carbocycles. The number of benzene rings is 2. The zero-order chi connectivity index (χ0) is 22.7. The fourth-order valence-corrected chi connectivity index (χ4v) is 3.53. The topological polar surface area (TPSA) is 110 Å². The summed E-state index contributed by atoms with van der Waals surface area (Å²) in [6.45, 7) is 2.53. The summed E-state index contributed by atoms with van der Waals surface area (Å²) in [7, 11) is 0. The van der Waals surface area contributed by atoms with Crippen molar-refractivity contribution in [2.45, 2.75) is 19.8 Å². The van der Waals surface area contributed by atoms with Gasteiger partial charge in [-0.3, -0.25) is 19.7 Å². The molecule has 32 heavy (non-hydrogen) atoms. The van der Waals surface area contributed by atoms with Crippen molar-refractivity contribution in [3.8, 4) is 5.69 Å². The molecular weight excluding hydrogens is 410 g/mol. The van der Waals surface area contributed by atoms with Crippen LogP contribution in [0.2, 0.25) is 0 Å². The number of hydrogen-bond acceptors (Lipinski definition) is 5. The normalized spacial score (nSPS) is 13.7. The largest absolute Gasteiger partial charge is 0.312 e. The molecule has 162 valence electrons. The van der Waals surface area contributed by atoms with Crippen molar-refractivity contribution in [2.24, 2.45) is 0 Å². The summed E-state index contributed by atoms with van der Waals surface area (Å²) in [5.74, 6) is 0.244. The third kappa shape index (κ3) is 4.56. The smallest absolute Gasteiger partial charge is 0.269 e. The lowest BCUT2D eigenvalue weighted by atomic mass is 10.2. The van der Waals surface area contributed by atoms with Gasteiger partial charge in [-0.1, -0.05) is 12.1 Å². The third-order valence-corrected chi connectivity index (χ3v) is 5.09. The summed E-state index contributed by atoms with van der Waals surface area (Å²) >= 11 is 0. The van der Waals surface area contributed by atoms with Gasteiger partial charge in [-0.25, -0.2) is 4.68 Å². The Morgan fingerprint density at radius 1 is 1.12 bits per heavy atom. The van der Waals surface area contributed by atoms with Crippen molar-refractivity contribution in [3.05, 3.63) is 82.0 Å². The zero-order valence-electron chi connectivity index (χ0n) is 17.4. The summed E-state index contributed by atoms with van der Waals surface area (Å²) in [6.07, 6.45) is 4.55. The number of rotatable bonds is 6. The maximum atomic E-state index is 12.5. The van der Waals surface area contributed by atoms with Crippen molar-refractivity contribution in [2.75, 3.05) is 16.8 Å². The van der Waals surface area contributed by atoms with Gasteiger partial charge in [0.2, 0.25) is 11.8 Å². The Morgan fingerprint density at radius 3 is 2.44 bits per heavy atom. The van der Waals surface area contributed by atoms with Crippen LogP contribution < -0.4 is 10.2 Å². The molecule has 1 saturated heterocycles. The predicted octanol–water partition coefficient (Wildman–Crippen LogP) is 3.87. The van der Waals surface area contributed by atoms with E-state index in [1.807, 2.05) is 24.3 Å². The minimum Gasteiger partial charge on any atom is -0.312 e. The van der Waals surface area contributed by atoms with Gasteiger partial charge in [0.1, 0.15) is 5.82 Å². The highest BCUT2D eigenvalue weighted by atomic mass is 16.6. The molecule has 1 aliphatic heterocycles. The molecule has 1 aromatic heterocycles. The SMILES string of the molecule is Cc1cc(NC(=O)/C=C/c2ccc(N3CCCC3=O)cc2)n(-c2ccc([N+](=O)[O-])cc2)n1. The molecule has 9 heteroatoms. The zero-order valence-corrected chi connectivity index (χ0v) is 17.4. The van der Waals surface area contributed by atoms with Gasteiger partial charge < -0.3 is 10.2 Å². The lowest BCUT2D eigenvalue weighted by Gasteiger charge is -2.15. The third-order valence-electron chi connectivity index (χ3n) is 5.09. The first kappa shape index (κ1) is 21.0. The van der Waals surface area contributed by atoms with E-state index in [0.717, 1.165) is 24.2 Å². The summed E-state index contributed by atoms with van der Waals surface area (Å²) in [5.41, 5.74) is 2.95. The van der Waals surface area contributed by atoms with E-state index in [0.29, 0.717) is 23.6 Å². The molecule has 0 unspecified atom stereocenters. The van der Waals surface area contributed by atoms with E-state index in [9.17, 15) is 19.7 Å². The summed E-state index contributed by atoms with van der Waals surface area (Å²) < 4.78 is 1.52. The Labute approximate surface area is 184 Å². The van der Waals surface area contributed by atoms with Crippen LogP contribution in [-0.4, -0.2) is 33.1 Å². The molecule has 2 amide bonds. The molecule has 0 atom stereocenters. The van der Waals surface area contributed by atoms with Crippen LogP contribution in [0.3, 0.4) is 0 Å². The van der Waals surface area contributed by atoms with Crippen LogP contribution >= 0.6 is 0 Å². The molecule has 9 nitrogen and oxygen atoms in total. The van der Waals surface area contributed by atoms with Crippen LogP contribution in [0.15, 0.2) is 60.7 Å². The first-order valence-corrected chi connectivity index (χ1v) is 10.1. The van der Waals surface area contributed by atoms with Crippen LogP contribution in [0.5, 0.6) is 0 Å². The van der Waals surface area contributed by atoms with Gasteiger partial charge >= 0.3 is 0 Å². The van der Waals surface area contributed by atoms with E-state index in [-0.39, 0.29) is 17.5 Å². The Morgan fingerprint density at radius 2 is 1.81 bits per heavy atom. The first-order valence-electron chi connectivity index (χ1n) is 10.1. The highest BCUT2D eigenvalue weighted by Crippen LogP contribution is 2.22. The number of anilines is 2. The predicted molar refractivity (Wildman–Crippen MR) is 121 cm³/mol. The Hall–Kier alpha value is -4.27. The van der Waals surface area contributed by atoms with Crippen LogP contribution in [0.1, 0.15) is 24.1 Å². The van der Waals surface area contributed by atoms with E-state index in [1.54, 1.807) is 36.1 Å². The van der Waals surface area contributed by atoms with E-state index >= 15 is 0 Å². The number of nitro groups is 1. The Bertz CT molecular complexity index is 1200. The van der Waals surface area contributed by atoms with Gasteiger partial charge in [-0.05, 0) is 49.2 Å². The number of carbonyl (C=O) groups is 2. The monoisotopic (exact) mass is 431 g/mol. The quantitative estimate of drug-likeness (QED) is 0.362. The minimum absolute atomic E-state index is 0.0220. The van der Waals surface area contributed by atoms with Gasteiger partial charge in [-0.2, -0.15) is 5.10 Å². The lowest BCUT2D eigenvalue weighted by molar-refractivity contribution is -0.384. The molecular formula is C23H21N5O4. The van der Waals surface area contributed by atoms with Gasteiger partial charge in [0.05, 0.1) is 16.3 Å². The maximum Gasteiger partial charge on any atom is 0.269 e. The number of hydrogen-bond donors (Lipinski definition) is 1. The summed E-state index contributed by atoms with van der Waals surface area (Å²) in [4.78, 5) is 36.5. The first-order chi connectivity index (χ1) is 15.4. The molecule has 0 spiro atoms. The average Bonchev–Trinajstić information content (AvgIpc) is 3.37. The average molecular weight is 431 g/mol. The molecule has 0 bridgehead atoms. The van der Waals surface area contributed by atoms with E-state index in [4.69, 9.17) is 0 Å². The molecule has 1 aliphatic rings. The molecule has 4 rings (SSSR count). The van der Waals surface area contributed by atoms with Crippen LogP contribution in [-0.2, 0) is 9.59 Å². The Balaban J connectivity index is 1.45. The second kappa shape index (κ2) is 8.84.